The molecule has 1 aromatic carbocycles. The van der Waals surface area contributed by atoms with Gasteiger partial charge in [-0.1, -0.05) is 13.0 Å². The summed E-state index contributed by atoms with van der Waals surface area (Å²) in [6.07, 6.45) is 0. The number of fused-ring (bicyclic) bond motifs is 1. The van der Waals surface area contributed by atoms with Gasteiger partial charge in [0.25, 0.3) is 0 Å². The van der Waals surface area contributed by atoms with Crippen molar-refractivity contribution in [1.29, 1.82) is 0 Å². The van der Waals surface area contributed by atoms with Crippen LogP contribution in [-0.2, 0) is 0 Å². The van der Waals surface area contributed by atoms with E-state index in [-0.39, 0.29) is 0 Å². The number of nitrogens with one attached hydrogen (secondary N) is 1. The molecule has 15 heavy (non-hydrogen) atoms. The molecule has 0 spiro atoms. The van der Waals surface area contributed by atoms with Gasteiger partial charge in [0.1, 0.15) is 5.75 Å². The average molecular weight is 223 g/mol. The highest BCUT2D eigenvalue weighted by Crippen LogP contribution is 2.40. The molecule has 2 nitrogen and oxygen atoms in total. The van der Waals surface area contributed by atoms with Crippen molar-refractivity contribution in [3.8, 4) is 5.75 Å². The molecule has 1 aromatic rings. The summed E-state index contributed by atoms with van der Waals surface area (Å²) >= 11 is 1.93. The molecule has 3 heteroatoms. The zero-order valence-electron chi connectivity index (χ0n) is 9.41. The van der Waals surface area contributed by atoms with Crippen LogP contribution in [0.15, 0.2) is 23.1 Å². The number of hydrogen-bond donors (Lipinski definition) is 1. The normalized spacial score (nSPS) is 24.7. The van der Waals surface area contributed by atoms with Crippen molar-refractivity contribution in [3.63, 3.8) is 0 Å². The summed E-state index contributed by atoms with van der Waals surface area (Å²) in [6, 6.07) is 6.84. The predicted molar refractivity (Wildman–Crippen MR) is 64.7 cm³/mol. The van der Waals surface area contributed by atoms with Gasteiger partial charge >= 0.3 is 0 Å². The van der Waals surface area contributed by atoms with Crippen LogP contribution in [0.2, 0.25) is 0 Å². The Hall–Kier alpha value is -0.670. The van der Waals surface area contributed by atoms with Gasteiger partial charge < -0.3 is 10.1 Å². The minimum atomic E-state index is 0.479. The van der Waals surface area contributed by atoms with Crippen molar-refractivity contribution < 1.29 is 4.74 Å². The second-order valence-corrected chi connectivity index (χ2v) is 5.02. The first-order valence-corrected chi connectivity index (χ1v) is 6.23. The Balaban J connectivity index is 2.38. The number of hydrogen-bond acceptors (Lipinski definition) is 3. The number of thioether (sulfide) groups is 1. The first-order valence-electron chi connectivity index (χ1n) is 5.24. The topological polar surface area (TPSA) is 21.3 Å². The van der Waals surface area contributed by atoms with E-state index >= 15 is 0 Å². The Morgan fingerprint density at radius 3 is 2.93 bits per heavy atom. The van der Waals surface area contributed by atoms with E-state index in [1.165, 1.54) is 16.2 Å². The minimum absolute atomic E-state index is 0.479. The van der Waals surface area contributed by atoms with E-state index in [1.807, 2.05) is 24.9 Å². The Labute approximate surface area is 95.4 Å². The molecule has 0 aromatic heterocycles. The molecule has 1 N–H and O–H groups in total. The van der Waals surface area contributed by atoms with E-state index < -0.39 is 0 Å². The Morgan fingerprint density at radius 2 is 2.27 bits per heavy atom. The third-order valence-electron chi connectivity index (χ3n) is 2.94. The molecule has 1 aliphatic heterocycles. The monoisotopic (exact) mass is 223 g/mol. The van der Waals surface area contributed by atoms with Crippen LogP contribution < -0.4 is 10.1 Å². The summed E-state index contributed by atoms with van der Waals surface area (Å²) in [4.78, 5) is 1.35. The van der Waals surface area contributed by atoms with Gasteiger partial charge in [0.15, 0.2) is 0 Å². The first kappa shape index (κ1) is 10.8. The summed E-state index contributed by atoms with van der Waals surface area (Å²) in [5.74, 6) is 2.80. The van der Waals surface area contributed by atoms with Crippen LogP contribution in [0.4, 0.5) is 0 Å². The predicted octanol–water partition coefficient (Wildman–Crippen LogP) is 2.70. The zero-order chi connectivity index (χ0) is 10.8. The van der Waals surface area contributed by atoms with Crippen molar-refractivity contribution in [1.82, 2.24) is 5.32 Å². The van der Waals surface area contributed by atoms with Gasteiger partial charge in [0.2, 0.25) is 0 Å². The largest absolute Gasteiger partial charge is 0.497 e. The second kappa shape index (κ2) is 4.45. The first-order chi connectivity index (χ1) is 7.26. The van der Waals surface area contributed by atoms with E-state index in [0.717, 1.165) is 5.75 Å². The summed E-state index contributed by atoms with van der Waals surface area (Å²) in [6.45, 7) is 2.29. The maximum absolute atomic E-state index is 5.24. The van der Waals surface area contributed by atoms with E-state index in [1.54, 1.807) is 7.11 Å². The zero-order valence-corrected chi connectivity index (χ0v) is 10.2. The minimum Gasteiger partial charge on any atom is -0.497 e. The lowest BCUT2D eigenvalue weighted by Crippen LogP contribution is -2.28. The second-order valence-electron chi connectivity index (χ2n) is 3.96. The fourth-order valence-corrected chi connectivity index (χ4v) is 3.28. The molecular formula is C12H17NOS. The molecule has 0 radical (unpaired) electrons. The molecule has 0 saturated carbocycles. The number of ether oxygens (including phenoxy) is 1. The van der Waals surface area contributed by atoms with Crippen molar-refractivity contribution in [2.75, 3.05) is 19.9 Å². The molecule has 1 aliphatic rings. The smallest absolute Gasteiger partial charge is 0.119 e. The van der Waals surface area contributed by atoms with E-state index in [9.17, 15) is 0 Å². The third-order valence-corrected chi connectivity index (χ3v) is 4.29. The standard InChI is InChI=1S/C12H17NOS/c1-8-7-15-11-6-9(14-3)4-5-10(11)12(8)13-2/h4-6,8,12-13H,7H2,1-3H3. The SMILES string of the molecule is CNC1c2ccc(OC)cc2SCC1C. The quantitative estimate of drug-likeness (QED) is 0.833. The van der Waals surface area contributed by atoms with Gasteiger partial charge in [-0.05, 0) is 30.7 Å². The number of rotatable bonds is 2. The Bertz CT molecular complexity index is 353. The molecular weight excluding hydrogens is 206 g/mol. The highest BCUT2D eigenvalue weighted by molar-refractivity contribution is 7.99. The molecule has 0 bridgehead atoms. The van der Waals surface area contributed by atoms with Gasteiger partial charge in [0, 0.05) is 16.7 Å². The lowest BCUT2D eigenvalue weighted by atomic mass is 9.95. The average Bonchev–Trinajstić information content (AvgIpc) is 2.28. The molecule has 0 aliphatic carbocycles. The fraction of sp³-hybridized carbons (Fsp3) is 0.500. The van der Waals surface area contributed by atoms with E-state index in [0.29, 0.717) is 12.0 Å². The van der Waals surface area contributed by atoms with Crippen LogP contribution in [0.1, 0.15) is 18.5 Å². The highest BCUT2D eigenvalue weighted by Gasteiger charge is 2.25. The van der Waals surface area contributed by atoms with Crippen LogP contribution in [0.25, 0.3) is 0 Å². The molecule has 0 fully saturated rings. The maximum Gasteiger partial charge on any atom is 0.119 e. The Kier molecular flexibility index (Phi) is 3.22. The van der Waals surface area contributed by atoms with Gasteiger partial charge in [0.05, 0.1) is 7.11 Å². The number of methoxy groups -OCH3 is 1. The van der Waals surface area contributed by atoms with E-state index in [4.69, 9.17) is 4.74 Å². The fourth-order valence-electron chi connectivity index (χ4n) is 2.09. The summed E-state index contributed by atoms with van der Waals surface area (Å²) < 4.78 is 5.24. The molecule has 82 valence electrons. The van der Waals surface area contributed by atoms with Gasteiger partial charge in [-0.2, -0.15) is 0 Å². The molecule has 0 amide bonds. The van der Waals surface area contributed by atoms with E-state index in [2.05, 4.69) is 24.4 Å². The van der Waals surface area contributed by atoms with Crippen molar-refractivity contribution in [2.24, 2.45) is 5.92 Å². The lowest BCUT2D eigenvalue weighted by molar-refractivity contribution is 0.408. The Morgan fingerprint density at radius 1 is 1.47 bits per heavy atom. The third kappa shape index (κ3) is 1.99. The molecule has 2 unspecified atom stereocenters. The van der Waals surface area contributed by atoms with Crippen LogP contribution in [0.3, 0.4) is 0 Å². The lowest BCUT2D eigenvalue weighted by Gasteiger charge is -2.30. The van der Waals surface area contributed by atoms with Crippen LogP contribution in [0.5, 0.6) is 5.75 Å². The highest BCUT2D eigenvalue weighted by atomic mass is 32.2. The van der Waals surface area contributed by atoms with Crippen molar-refractivity contribution >= 4 is 11.8 Å². The van der Waals surface area contributed by atoms with Gasteiger partial charge in [-0.15, -0.1) is 11.8 Å². The summed E-state index contributed by atoms with van der Waals surface area (Å²) in [7, 11) is 3.75. The van der Waals surface area contributed by atoms with Gasteiger partial charge in [-0.25, -0.2) is 0 Å². The molecule has 2 rings (SSSR count). The number of benzene rings is 1. The van der Waals surface area contributed by atoms with Crippen LogP contribution in [0, 0.1) is 5.92 Å². The molecule has 2 atom stereocenters. The van der Waals surface area contributed by atoms with Crippen molar-refractivity contribution in [2.45, 2.75) is 17.9 Å². The van der Waals surface area contributed by atoms with Gasteiger partial charge in [-0.3, -0.25) is 0 Å². The summed E-state index contributed by atoms with van der Waals surface area (Å²) in [5.41, 5.74) is 1.40. The summed E-state index contributed by atoms with van der Waals surface area (Å²) in [5, 5.41) is 3.39. The molecule has 1 heterocycles. The van der Waals surface area contributed by atoms with Crippen molar-refractivity contribution in [3.05, 3.63) is 23.8 Å². The van der Waals surface area contributed by atoms with Crippen LogP contribution in [-0.4, -0.2) is 19.9 Å². The maximum atomic E-state index is 5.24. The van der Waals surface area contributed by atoms with Crippen LogP contribution >= 0.6 is 11.8 Å². The molecule has 0 saturated heterocycles.